The van der Waals surface area contributed by atoms with Crippen LogP contribution in [0.2, 0.25) is 0 Å². The number of hydrogen-bond acceptors (Lipinski definition) is 2. The minimum absolute atomic E-state index is 0.437. The van der Waals surface area contributed by atoms with E-state index in [1.54, 1.807) is 0 Å². The molecule has 0 N–H and O–H groups in total. The van der Waals surface area contributed by atoms with Crippen molar-refractivity contribution in [3.05, 3.63) is 126 Å². The van der Waals surface area contributed by atoms with Crippen molar-refractivity contribution in [2.24, 2.45) is 0 Å². The predicted octanol–water partition coefficient (Wildman–Crippen LogP) is 6.25. The summed E-state index contributed by atoms with van der Waals surface area (Å²) in [5, 5.41) is 2.57. The molecule has 0 saturated heterocycles. The molecule has 0 unspecified atom stereocenters. The van der Waals surface area contributed by atoms with Gasteiger partial charge in [-0.3, -0.25) is 9.97 Å². The van der Waals surface area contributed by atoms with Gasteiger partial charge in [0.15, 0.2) is 0 Å². The largest absolute Gasteiger partial charge is 0.309 e. The van der Waals surface area contributed by atoms with Crippen LogP contribution in [0.1, 0.15) is 22.3 Å². The molecular weight excluding hydrogens is 390 g/mol. The van der Waals surface area contributed by atoms with Crippen LogP contribution in [0.25, 0.3) is 38.9 Å². The Balaban J connectivity index is 1.71. The number of aromatic nitrogens is 3. The van der Waals surface area contributed by atoms with Gasteiger partial charge in [0.1, 0.15) is 0 Å². The summed E-state index contributed by atoms with van der Waals surface area (Å²) >= 11 is 0. The number of fused-ring (bicyclic) bond motifs is 12. The van der Waals surface area contributed by atoms with Gasteiger partial charge in [-0.1, -0.05) is 66.7 Å². The van der Waals surface area contributed by atoms with Crippen molar-refractivity contribution in [3.63, 3.8) is 0 Å². The van der Waals surface area contributed by atoms with E-state index >= 15 is 0 Å². The molecule has 4 heterocycles. The average Bonchev–Trinajstić information content (AvgIpc) is 3.35. The summed E-state index contributed by atoms with van der Waals surface area (Å²) in [6.45, 7) is 0. The van der Waals surface area contributed by atoms with Crippen molar-refractivity contribution in [1.82, 2.24) is 14.5 Å². The number of benzene rings is 3. The van der Waals surface area contributed by atoms with Gasteiger partial charge in [-0.2, -0.15) is 0 Å². The lowest BCUT2D eigenvalue weighted by molar-refractivity contribution is 0.745. The van der Waals surface area contributed by atoms with Crippen LogP contribution in [0.5, 0.6) is 0 Å². The Kier molecular flexibility index (Phi) is 2.83. The van der Waals surface area contributed by atoms with Crippen LogP contribution in [0, 0.1) is 0 Å². The molecular formula is C29H17N3. The molecule has 8 rings (SSSR count). The summed E-state index contributed by atoms with van der Waals surface area (Å²) in [5.41, 5.74) is 10.3. The molecule has 3 nitrogen and oxygen atoms in total. The lowest BCUT2D eigenvalue weighted by atomic mass is 9.66. The van der Waals surface area contributed by atoms with E-state index in [4.69, 9.17) is 9.97 Å². The zero-order valence-electron chi connectivity index (χ0n) is 17.2. The molecule has 0 fully saturated rings. The van der Waals surface area contributed by atoms with Crippen molar-refractivity contribution in [2.75, 3.05) is 0 Å². The molecule has 1 aliphatic heterocycles. The smallest absolute Gasteiger partial charge is 0.0937 e. The van der Waals surface area contributed by atoms with E-state index in [0.717, 1.165) is 11.4 Å². The normalized spacial score (nSPS) is 14.5. The van der Waals surface area contributed by atoms with Gasteiger partial charge >= 0.3 is 0 Å². The van der Waals surface area contributed by atoms with Gasteiger partial charge in [-0.15, -0.1) is 0 Å². The third-order valence-corrected chi connectivity index (χ3v) is 7.30. The number of pyridine rings is 2. The minimum atomic E-state index is -0.437. The zero-order chi connectivity index (χ0) is 20.9. The van der Waals surface area contributed by atoms with E-state index in [-0.39, 0.29) is 0 Å². The third kappa shape index (κ3) is 1.65. The fourth-order valence-electron chi connectivity index (χ4n) is 6.22. The van der Waals surface area contributed by atoms with E-state index in [1.807, 2.05) is 12.4 Å². The second-order valence-electron chi connectivity index (χ2n) is 8.62. The second kappa shape index (κ2) is 5.51. The fourth-order valence-corrected chi connectivity index (χ4v) is 6.22. The Morgan fingerprint density at radius 2 is 1.16 bits per heavy atom. The number of hydrogen-bond donors (Lipinski definition) is 0. The molecule has 1 spiro atoms. The first-order valence-corrected chi connectivity index (χ1v) is 10.9. The highest BCUT2D eigenvalue weighted by molar-refractivity contribution is 6.12. The quantitative estimate of drug-likeness (QED) is 0.297. The molecule has 3 aromatic carbocycles. The predicted molar refractivity (Wildman–Crippen MR) is 127 cm³/mol. The maximum atomic E-state index is 4.82. The summed E-state index contributed by atoms with van der Waals surface area (Å²) in [5.74, 6) is 0. The summed E-state index contributed by atoms with van der Waals surface area (Å²) in [4.78, 5) is 9.63. The lowest BCUT2D eigenvalue weighted by Crippen LogP contribution is -2.33. The molecule has 1 aliphatic carbocycles. The standard InChI is InChI=1S/C29H17N3/c1-3-14-24-18(8-1)19-9-5-11-23-28(19)32(24)25-15-4-2-10-20(25)29(23)21-12-6-16-30-26(21)27-22(29)13-7-17-31-27/h1-17H. The van der Waals surface area contributed by atoms with Gasteiger partial charge in [0.05, 0.1) is 33.5 Å². The summed E-state index contributed by atoms with van der Waals surface area (Å²) in [6, 6.07) is 32.9. The summed E-state index contributed by atoms with van der Waals surface area (Å²) in [7, 11) is 0. The molecule has 2 aliphatic rings. The summed E-state index contributed by atoms with van der Waals surface area (Å²) < 4.78 is 2.45. The van der Waals surface area contributed by atoms with Crippen molar-refractivity contribution in [3.8, 4) is 17.1 Å². The first-order chi connectivity index (χ1) is 15.9. The Morgan fingerprint density at radius 3 is 1.97 bits per heavy atom. The first kappa shape index (κ1) is 16.5. The highest BCUT2D eigenvalue weighted by atomic mass is 15.0. The van der Waals surface area contributed by atoms with Crippen molar-refractivity contribution < 1.29 is 0 Å². The number of nitrogens with zero attached hydrogens (tertiary/aromatic N) is 3. The lowest BCUT2D eigenvalue weighted by Gasteiger charge is -2.39. The molecule has 0 amide bonds. The van der Waals surface area contributed by atoms with Crippen LogP contribution in [0.4, 0.5) is 0 Å². The number of para-hydroxylation sites is 3. The van der Waals surface area contributed by atoms with Gasteiger partial charge in [-0.05, 0) is 46.5 Å². The van der Waals surface area contributed by atoms with Crippen molar-refractivity contribution in [1.29, 1.82) is 0 Å². The van der Waals surface area contributed by atoms with Crippen molar-refractivity contribution >= 4 is 21.8 Å². The minimum Gasteiger partial charge on any atom is -0.309 e. The average molecular weight is 407 g/mol. The van der Waals surface area contributed by atoms with Crippen LogP contribution >= 0.6 is 0 Å². The third-order valence-electron chi connectivity index (χ3n) is 7.30. The maximum absolute atomic E-state index is 4.82. The van der Waals surface area contributed by atoms with E-state index in [1.165, 1.54) is 49.7 Å². The molecule has 0 radical (unpaired) electrons. The van der Waals surface area contributed by atoms with Crippen LogP contribution in [0.3, 0.4) is 0 Å². The zero-order valence-corrected chi connectivity index (χ0v) is 17.2. The SMILES string of the molecule is c1ccc2c(c1)-n1c3ccccc3c3cccc(c31)C21c2cccnc2-c2ncccc21. The topological polar surface area (TPSA) is 30.7 Å². The molecule has 3 aromatic heterocycles. The Bertz CT molecular complexity index is 1700. The van der Waals surface area contributed by atoms with Crippen LogP contribution in [-0.2, 0) is 5.41 Å². The number of rotatable bonds is 0. The Morgan fingerprint density at radius 1 is 0.531 bits per heavy atom. The van der Waals surface area contributed by atoms with Gasteiger partial charge in [0, 0.05) is 23.2 Å². The van der Waals surface area contributed by atoms with Gasteiger partial charge in [-0.25, -0.2) is 0 Å². The summed E-state index contributed by atoms with van der Waals surface area (Å²) in [6.07, 6.45) is 3.76. The van der Waals surface area contributed by atoms with E-state index in [0.29, 0.717) is 0 Å². The molecule has 6 aromatic rings. The van der Waals surface area contributed by atoms with Crippen LogP contribution < -0.4 is 0 Å². The highest BCUT2D eigenvalue weighted by Gasteiger charge is 2.51. The van der Waals surface area contributed by atoms with Crippen LogP contribution in [-0.4, -0.2) is 14.5 Å². The van der Waals surface area contributed by atoms with E-state index in [2.05, 4.69) is 95.6 Å². The molecule has 3 heteroatoms. The van der Waals surface area contributed by atoms with Crippen LogP contribution in [0.15, 0.2) is 103 Å². The molecule has 0 saturated carbocycles. The first-order valence-electron chi connectivity index (χ1n) is 10.9. The van der Waals surface area contributed by atoms with Gasteiger partial charge in [0.25, 0.3) is 0 Å². The van der Waals surface area contributed by atoms with E-state index in [9.17, 15) is 0 Å². The van der Waals surface area contributed by atoms with Crippen molar-refractivity contribution in [2.45, 2.75) is 5.41 Å². The second-order valence-corrected chi connectivity index (χ2v) is 8.62. The monoisotopic (exact) mass is 407 g/mol. The van der Waals surface area contributed by atoms with E-state index < -0.39 is 5.41 Å². The molecule has 148 valence electrons. The van der Waals surface area contributed by atoms with Gasteiger partial charge in [0.2, 0.25) is 0 Å². The molecule has 32 heavy (non-hydrogen) atoms. The molecule has 0 bridgehead atoms. The maximum Gasteiger partial charge on any atom is 0.0937 e. The highest BCUT2D eigenvalue weighted by Crippen LogP contribution is 2.59. The molecule has 0 atom stereocenters. The fraction of sp³-hybridized carbons (Fsp3) is 0.0345. The Hall–Kier alpha value is -4.24. The Labute approximate surface area is 184 Å². The van der Waals surface area contributed by atoms with Gasteiger partial charge < -0.3 is 4.57 Å².